The Morgan fingerprint density at radius 1 is 1.50 bits per heavy atom. The molecule has 0 atom stereocenters. The van der Waals surface area contributed by atoms with Crippen molar-refractivity contribution < 1.29 is 9.18 Å². The van der Waals surface area contributed by atoms with Crippen LogP contribution in [0.2, 0.25) is 0 Å². The van der Waals surface area contributed by atoms with Crippen LogP contribution in [-0.4, -0.2) is 43.0 Å². The molecule has 0 aliphatic rings. The quantitative estimate of drug-likeness (QED) is 0.917. The van der Waals surface area contributed by atoms with Gasteiger partial charge >= 0.3 is 0 Å². The van der Waals surface area contributed by atoms with Gasteiger partial charge in [-0.3, -0.25) is 4.79 Å². The smallest absolute Gasteiger partial charge is 0.280 e. The van der Waals surface area contributed by atoms with Crippen LogP contribution in [0.4, 0.5) is 4.39 Å². The Morgan fingerprint density at radius 3 is 3.00 bits per heavy atom. The molecule has 1 aromatic heterocycles. The zero-order valence-electron chi connectivity index (χ0n) is 10.2. The predicted octanol–water partition coefficient (Wildman–Crippen LogP) is 1.73. The fraction of sp³-hybridized carbons (Fsp3) is 0.333. The number of carbonyl (C=O) groups is 1. The number of aromatic nitrogens is 1. The van der Waals surface area contributed by atoms with Crippen LogP contribution in [0.1, 0.15) is 9.80 Å². The highest BCUT2D eigenvalue weighted by Crippen LogP contribution is 2.22. The van der Waals surface area contributed by atoms with Gasteiger partial charge in [0.25, 0.3) is 5.91 Å². The number of rotatable bonds is 4. The van der Waals surface area contributed by atoms with E-state index >= 15 is 0 Å². The summed E-state index contributed by atoms with van der Waals surface area (Å²) >= 11 is 1.20. The van der Waals surface area contributed by atoms with E-state index in [1.165, 1.54) is 23.5 Å². The Hall–Kier alpha value is -1.53. The minimum absolute atomic E-state index is 0.210. The van der Waals surface area contributed by atoms with Gasteiger partial charge in [0.05, 0.1) is 10.2 Å². The van der Waals surface area contributed by atoms with Crippen LogP contribution in [0.25, 0.3) is 10.2 Å². The molecule has 4 nitrogen and oxygen atoms in total. The molecule has 1 heterocycles. The molecule has 1 N–H and O–H groups in total. The van der Waals surface area contributed by atoms with Crippen molar-refractivity contribution in [3.8, 4) is 0 Å². The predicted molar refractivity (Wildman–Crippen MR) is 70.5 cm³/mol. The van der Waals surface area contributed by atoms with Crippen molar-refractivity contribution in [3.05, 3.63) is 29.0 Å². The molecule has 0 aliphatic heterocycles. The first kappa shape index (κ1) is 12.9. The minimum atomic E-state index is -0.314. The van der Waals surface area contributed by atoms with E-state index < -0.39 is 0 Å². The van der Waals surface area contributed by atoms with Crippen molar-refractivity contribution in [2.45, 2.75) is 0 Å². The van der Waals surface area contributed by atoms with E-state index in [1.54, 1.807) is 6.07 Å². The molecule has 2 rings (SSSR count). The third-order valence-corrected chi connectivity index (χ3v) is 3.41. The number of benzene rings is 1. The summed E-state index contributed by atoms with van der Waals surface area (Å²) in [4.78, 5) is 18.0. The molecule has 1 amide bonds. The van der Waals surface area contributed by atoms with E-state index in [9.17, 15) is 9.18 Å². The summed E-state index contributed by atoms with van der Waals surface area (Å²) in [7, 11) is 3.87. The second-order valence-corrected chi connectivity index (χ2v) is 5.22. The third kappa shape index (κ3) is 3.02. The topological polar surface area (TPSA) is 45.2 Å². The molecule has 0 spiro atoms. The maximum atomic E-state index is 13.0. The highest BCUT2D eigenvalue weighted by atomic mass is 32.1. The number of nitrogens with one attached hydrogen (secondary N) is 1. The zero-order valence-corrected chi connectivity index (χ0v) is 11.1. The lowest BCUT2D eigenvalue weighted by Gasteiger charge is -2.09. The molecule has 0 saturated heterocycles. The molecule has 96 valence electrons. The number of hydrogen-bond acceptors (Lipinski definition) is 4. The van der Waals surface area contributed by atoms with Gasteiger partial charge in [-0.05, 0) is 32.3 Å². The van der Waals surface area contributed by atoms with Crippen LogP contribution in [0.15, 0.2) is 18.2 Å². The van der Waals surface area contributed by atoms with Crippen molar-refractivity contribution in [2.75, 3.05) is 27.2 Å². The number of fused-ring (bicyclic) bond motifs is 1. The Morgan fingerprint density at radius 2 is 2.28 bits per heavy atom. The first-order valence-corrected chi connectivity index (χ1v) is 6.37. The van der Waals surface area contributed by atoms with Crippen molar-refractivity contribution in [1.82, 2.24) is 15.2 Å². The SMILES string of the molecule is CN(C)CCNC(=O)c1nc2ccc(F)cc2s1. The van der Waals surface area contributed by atoms with Gasteiger partial charge in [-0.25, -0.2) is 9.37 Å². The maximum absolute atomic E-state index is 13.0. The van der Waals surface area contributed by atoms with E-state index in [0.29, 0.717) is 21.8 Å². The normalized spacial score (nSPS) is 11.1. The summed E-state index contributed by atoms with van der Waals surface area (Å²) < 4.78 is 13.7. The first-order valence-electron chi connectivity index (χ1n) is 5.55. The fourth-order valence-electron chi connectivity index (χ4n) is 1.46. The number of likely N-dealkylation sites (N-methyl/N-ethyl adjacent to an activating group) is 1. The van der Waals surface area contributed by atoms with Gasteiger partial charge in [-0.2, -0.15) is 0 Å². The van der Waals surface area contributed by atoms with Gasteiger partial charge in [0.2, 0.25) is 0 Å². The average Bonchev–Trinajstić information content (AvgIpc) is 2.71. The summed E-state index contributed by atoms with van der Waals surface area (Å²) in [6.07, 6.45) is 0. The highest BCUT2D eigenvalue weighted by molar-refractivity contribution is 7.20. The maximum Gasteiger partial charge on any atom is 0.280 e. The van der Waals surface area contributed by atoms with E-state index in [1.807, 2.05) is 19.0 Å². The highest BCUT2D eigenvalue weighted by Gasteiger charge is 2.12. The second kappa shape index (κ2) is 5.41. The average molecular weight is 267 g/mol. The summed E-state index contributed by atoms with van der Waals surface area (Å²) in [5.41, 5.74) is 0.652. The van der Waals surface area contributed by atoms with Crippen LogP contribution in [0, 0.1) is 5.82 Å². The van der Waals surface area contributed by atoms with E-state index in [0.717, 1.165) is 6.54 Å². The molecule has 6 heteroatoms. The van der Waals surface area contributed by atoms with Crippen molar-refractivity contribution >= 4 is 27.5 Å². The Labute approximate surface area is 108 Å². The van der Waals surface area contributed by atoms with Crippen molar-refractivity contribution in [3.63, 3.8) is 0 Å². The molecule has 0 fully saturated rings. The molecule has 0 unspecified atom stereocenters. The standard InChI is InChI=1S/C12H14FN3OS/c1-16(2)6-5-14-11(17)12-15-9-4-3-8(13)7-10(9)18-12/h3-4,7H,5-6H2,1-2H3,(H,14,17). The number of thiazole rings is 1. The number of carbonyl (C=O) groups excluding carboxylic acids is 1. The van der Waals surface area contributed by atoms with Crippen molar-refractivity contribution in [1.29, 1.82) is 0 Å². The van der Waals surface area contributed by atoms with Gasteiger partial charge in [0.15, 0.2) is 5.01 Å². The van der Waals surface area contributed by atoms with Crippen molar-refractivity contribution in [2.24, 2.45) is 0 Å². The van der Waals surface area contributed by atoms with E-state index in [2.05, 4.69) is 10.3 Å². The lowest BCUT2D eigenvalue weighted by Crippen LogP contribution is -2.31. The number of amides is 1. The zero-order chi connectivity index (χ0) is 13.1. The van der Waals surface area contributed by atoms with Crippen LogP contribution in [-0.2, 0) is 0 Å². The number of halogens is 1. The summed E-state index contributed by atoms with van der Waals surface area (Å²) in [6, 6.07) is 4.32. The summed E-state index contributed by atoms with van der Waals surface area (Å²) in [5, 5.41) is 3.15. The monoisotopic (exact) mass is 267 g/mol. The Bertz CT molecular complexity index is 567. The summed E-state index contributed by atoms with van der Waals surface area (Å²) in [5.74, 6) is -0.524. The van der Waals surface area contributed by atoms with Gasteiger partial charge in [-0.15, -0.1) is 11.3 Å². The fourth-order valence-corrected chi connectivity index (χ4v) is 2.37. The van der Waals surface area contributed by atoms with E-state index in [4.69, 9.17) is 0 Å². The summed E-state index contributed by atoms with van der Waals surface area (Å²) in [6.45, 7) is 1.33. The molecular formula is C12H14FN3OS. The molecular weight excluding hydrogens is 253 g/mol. The minimum Gasteiger partial charge on any atom is -0.349 e. The largest absolute Gasteiger partial charge is 0.349 e. The van der Waals surface area contributed by atoms with Gasteiger partial charge in [0, 0.05) is 13.1 Å². The lowest BCUT2D eigenvalue weighted by molar-refractivity contribution is 0.0951. The molecule has 0 saturated carbocycles. The molecule has 1 aromatic carbocycles. The van der Waals surface area contributed by atoms with Gasteiger partial charge in [0.1, 0.15) is 5.82 Å². The number of hydrogen-bond donors (Lipinski definition) is 1. The van der Waals surface area contributed by atoms with E-state index in [-0.39, 0.29) is 11.7 Å². The number of nitrogens with zero attached hydrogens (tertiary/aromatic N) is 2. The molecule has 18 heavy (non-hydrogen) atoms. The van der Waals surface area contributed by atoms with Gasteiger partial charge < -0.3 is 10.2 Å². The first-order chi connectivity index (χ1) is 8.56. The van der Waals surface area contributed by atoms with Crippen LogP contribution < -0.4 is 5.32 Å². The third-order valence-electron chi connectivity index (χ3n) is 2.39. The molecule has 0 bridgehead atoms. The van der Waals surface area contributed by atoms with Crippen LogP contribution in [0.5, 0.6) is 0 Å². The van der Waals surface area contributed by atoms with Crippen LogP contribution in [0.3, 0.4) is 0 Å². The second-order valence-electron chi connectivity index (χ2n) is 4.19. The van der Waals surface area contributed by atoms with Crippen LogP contribution >= 0.6 is 11.3 Å². The Balaban J connectivity index is 2.08. The lowest BCUT2D eigenvalue weighted by atomic mass is 10.3. The van der Waals surface area contributed by atoms with Gasteiger partial charge in [-0.1, -0.05) is 0 Å². The molecule has 2 aromatic rings. The molecule has 0 radical (unpaired) electrons. The molecule has 0 aliphatic carbocycles. The Kier molecular flexibility index (Phi) is 3.88.